The number of nitrogens with zero attached hydrogens (tertiary/aromatic N) is 1. The first-order valence-corrected chi connectivity index (χ1v) is 3.43. The van der Waals surface area contributed by atoms with Gasteiger partial charge in [0.1, 0.15) is 0 Å². The molecule has 0 saturated heterocycles. The van der Waals surface area contributed by atoms with E-state index in [-0.39, 0.29) is 13.0 Å². The Morgan fingerprint density at radius 2 is 2.17 bits per heavy atom. The zero-order chi connectivity index (χ0) is 9.78. The molecule has 70 valence electrons. The topological polar surface area (TPSA) is 95.5 Å². The molecule has 0 aliphatic rings. The molecule has 0 saturated carbocycles. The fraction of sp³-hybridized carbons (Fsp3) is 0.833. The fourth-order valence-electron chi connectivity index (χ4n) is 0.499. The van der Waals surface area contributed by atoms with E-state index in [9.17, 15) is 14.9 Å². The third-order valence-electron chi connectivity index (χ3n) is 1.59. The zero-order valence-corrected chi connectivity index (χ0v) is 7.07. The molecule has 0 radical (unpaired) electrons. The lowest BCUT2D eigenvalue weighted by atomic mass is 9.89. The molecule has 0 aliphatic carbocycles. The Balaban J connectivity index is 3.76. The number of carbonyl (C=O) groups excluding carboxylic acids is 1. The van der Waals surface area contributed by atoms with Crippen molar-refractivity contribution in [1.82, 2.24) is 0 Å². The summed E-state index contributed by atoms with van der Waals surface area (Å²) < 4.78 is 0. The second-order valence-corrected chi connectivity index (χ2v) is 3.05. The molecule has 12 heavy (non-hydrogen) atoms. The van der Waals surface area contributed by atoms with Crippen LogP contribution in [0.5, 0.6) is 0 Å². The van der Waals surface area contributed by atoms with E-state index in [1.54, 1.807) is 13.8 Å². The van der Waals surface area contributed by atoms with Crippen molar-refractivity contribution < 1.29 is 14.7 Å². The van der Waals surface area contributed by atoms with Crippen molar-refractivity contribution in [2.45, 2.75) is 20.3 Å². The zero-order valence-electron chi connectivity index (χ0n) is 7.07. The summed E-state index contributed by atoms with van der Waals surface area (Å²) in [6, 6.07) is 0. The van der Waals surface area contributed by atoms with Gasteiger partial charge in [0.2, 0.25) is 5.91 Å². The standard InChI is InChI=1S/C6H12N2O4/c1-6(2,5(7)9)3-4-12-8(10)11/h3-4H2,1-2H3,(H2,7,9). The second kappa shape index (κ2) is 3.89. The van der Waals surface area contributed by atoms with Crippen LogP contribution in [0.2, 0.25) is 0 Å². The van der Waals surface area contributed by atoms with Gasteiger partial charge in [0.25, 0.3) is 5.09 Å². The molecule has 0 bridgehead atoms. The van der Waals surface area contributed by atoms with Crippen LogP contribution in [0, 0.1) is 15.5 Å². The first kappa shape index (κ1) is 10.7. The Kier molecular flexibility index (Phi) is 3.46. The molecule has 1 amide bonds. The Bertz CT molecular complexity index is 190. The Morgan fingerprint density at radius 1 is 1.67 bits per heavy atom. The van der Waals surface area contributed by atoms with Gasteiger partial charge in [0, 0.05) is 5.41 Å². The molecule has 0 unspecified atom stereocenters. The second-order valence-electron chi connectivity index (χ2n) is 3.05. The Labute approximate surface area is 69.8 Å². The highest BCUT2D eigenvalue weighted by molar-refractivity contribution is 5.79. The third kappa shape index (κ3) is 3.75. The summed E-state index contributed by atoms with van der Waals surface area (Å²) in [5, 5.41) is 8.83. The van der Waals surface area contributed by atoms with Gasteiger partial charge in [-0.25, -0.2) is 0 Å². The van der Waals surface area contributed by atoms with Crippen LogP contribution in [0.1, 0.15) is 20.3 Å². The highest BCUT2D eigenvalue weighted by Gasteiger charge is 2.24. The van der Waals surface area contributed by atoms with E-state index in [0.29, 0.717) is 0 Å². The molecule has 0 atom stereocenters. The van der Waals surface area contributed by atoms with Crippen LogP contribution in [0.3, 0.4) is 0 Å². The fourth-order valence-corrected chi connectivity index (χ4v) is 0.499. The average Bonchev–Trinajstić information content (AvgIpc) is 1.85. The average molecular weight is 176 g/mol. The van der Waals surface area contributed by atoms with Gasteiger partial charge in [0.15, 0.2) is 0 Å². The molecule has 6 heteroatoms. The van der Waals surface area contributed by atoms with Crippen LogP contribution in [-0.4, -0.2) is 17.6 Å². The van der Waals surface area contributed by atoms with Crippen LogP contribution < -0.4 is 5.73 Å². The number of nitrogens with two attached hydrogens (primary N) is 1. The maximum absolute atomic E-state index is 10.7. The summed E-state index contributed by atoms with van der Waals surface area (Å²) in [7, 11) is 0. The van der Waals surface area contributed by atoms with E-state index in [0.717, 1.165) is 0 Å². The molecule has 0 fully saturated rings. The van der Waals surface area contributed by atoms with Gasteiger partial charge in [-0.15, -0.1) is 10.1 Å². The first-order valence-electron chi connectivity index (χ1n) is 3.43. The summed E-state index contributed by atoms with van der Waals surface area (Å²) in [5.74, 6) is -0.491. The highest BCUT2D eigenvalue weighted by Crippen LogP contribution is 2.18. The SMILES string of the molecule is CC(C)(CCO[N+](=O)[O-])C(N)=O. The Morgan fingerprint density at radius 3 is 2.50 bits per heavy atom. The molecule has 2 N–H and O–H groups in total. The minimum atomic E-state index is -0.892. The van der Waals surface area contributed by atoms with Crippen molar-refractivity contribution in [2.75, 3.05) is 6.61 Å². The van der Waals surface area contributed by atoms with Gasteiger partial charge >= 0.3 is 0 Å². The van der Waals surface area contributed by atoms with Gasteiger partial charge in [-0.2, -0.15) is 0 Å². The van der Waals surface area contributed by atoms with E-state index in [1.807, 2.05) is 0 Å². The number of amides is 1. The van der Waals surface area contributed by atoms with Gasteiger partial charge < -0.3 is 10.6 Å². The molecule has 0 aliphatic heterocycles. The molecule has 0 spiro atoms. The normalized spacial score (nSPS) is 10.8. The third-order valence-corrected chi connectivity index (χ3v) is 1.59. The predicted octanol–water partition coefficient (Wildman–Crippen LogP) is 0.0963. The van der Waals surface area contributed by atoms with Crippen molar-refractivity contribution in [3.8, 4) is 0 Å². The maximum atomic E-state index is 10.7. The van der Waals surface area contributed by atoms with Crippen molar-refractivity contribution in [1.29, 1.82) is 0 Å². The monoisotopic (exact) mass is 176 g/mol. The smallest absolute Gasteiger partial charge is 0.294 e. The van der Waals surface area contributed by atoms with Crippen molar-refractivity contribution in [3.63, 3.8) is 0 Å². The number of primary amides is 1. The van der Waals surface area contributed by atoms with Crippen molar-refractivity contribution in [3.05, 3.63) is 10.1 Å². The molecule has 0 rings (SSSR count). The Hall–Kier alpha value is -1.33. The summed E-state index contributed by atoms with van der Waals surface area (Å²) in [6.45, 7) is 3.11. The molecule has 0 aromatic carbocycles. The van der Waals surface area contributed by atoms with E-state index < -0.39 is 16.4 Å². The number of hydrogen-bond donors (Lipinski definition) is 1. The summed E-state index contributed by atoms with van der Waals surface area (Å²) in [5.41, 5.74) is 4.27. The molecular formula is C6H12N2O4. The van der Waals surface area contributed by atoms with Crippen LogP contribution in [-0.2, 0) is 9.63 Å². The predicted molar refractivity (Wildman–Crippen MR) is 40.5 cm³/mol. The number of rotatable bonds is 5. The van der Waals surface area contributed by atoms with Gasteiger partial charge in [-0.3, -0.25) is 4.79 Å². The van der Waals surface area contributed by atoms with E-state index in [1.165, 1.54) is 0 Å². The minimum Gasteiger partial charge on any atom is -0.369 e. The highest BCUT2D eigenvalue weighted by atomic mass is 16.9. The van der Waals surface area contributed by atoms with Crippen LogP contribution >= 0.6 is 0 Å². The number of hydrogen-bond acceptors (Lipinski definition) is 4. The lowest BCUT2D eigenvalue weighted by Crippen LogP contribution is -2.32. The molecule has 0 heterocycles. The maximum Gasteiger partial charge on any atom is 0.294 e. The van der Waals surface area contributed by atoms with Crippen LogP contribution in [0.4, 0.5) is 0 Å². The van der Waals surface area contributed by atoms with E-state index in [2.05, 4.69) is 4.84 Å². The number of carbonyl (C=O) groups is 1. The molecule has 0 aromatic rings. The van der Waals surface area contributed by atoms with Crippen molar-refractivity contribution in [2.24, 2.45) is 11.1 Å². The van der Waals surface area contributed by atoms with Crippen LogP contribution in [0.25, 0.3) is 0 Å². The summed E-state index contributed by atoms with van der Waals surface area (Å²) in [4.78, 5) is 24.5. The van der Waals surface area contributed by atoms with Gasteiger partial charge in [-0.05, 0) is 6.42 Å². The summed E-state index contributed by atoms with van der Waals surface area (Å²) >= 11 is 0. The lowest BCUT2D eigenvalue weighted by Gasteiger charge is -2.18. The minimum absolute atomic E-state index is 0.108. The summed E-state index contributed by atoms with van der Waals surface area (Å²) in [6.07, 6.45) is 0.239. The molecular weight excluding hydrogens is 164 g/mol. The molecule has 6 nitrogen and oxygen atoms in total. The van der Waals surface area contributed by atoms with Gasteiger partial charge in [-0.1, -0.05) is 13.8 Å². The van der Waals surface area contributed by atoms with E-state index >= 15 is 0 Å². The first-order chi connectivity index (χ1) is 5.36. The quantitative estimate of drug-likeness (QED) is 0.474. The largest absolute Gasteiger partial charge is 0.369 e. The van der Waals surface area contributed by atoms with Crippen molar-refractivity contribution >= 4 is 5.91 Å². The van der Waals surface area contributed by atoms with Crippen LogP contribution in [0.15, 0.2) is 0 Å². The molecule has 0 aromatic heterocycles. The van der Waals surface area contributed by atoms with Gasteiger partial charge in [0.05, 0.1) is 6.61 Å². The van der Waals surface area contributed by atoms with E-state index in [4.69, 9.17) is 5.73 Å². The lowest BCUT2D eigenvalue weighted by molar-refractivity contribution is -0.758.